The molecular weight excluding hydrogens is 246 g/mol. The molecule has 0 saturated carbocycles. The van der Waals surface area contributed by atoms with Gasteiger partial charge >= 0.3 is 0 Å². The standard InChI is InChI=1S/C10H12BrNS/c1-3-4-5-12-7-9-6-10(11)8(2)13-9/h1,6,12H,4-5,7H2,2H3. The molecule has 0 radical (unpaired) electrons. The molecular formula is C10H12BrNS. The van der Waals surface area contributed by atoms with Crippen molar-refractivity contribution in [1.29, 1.82) is 0 Å². The van der Waals surface area contributed by atoms with E-state index in [1.807, 2.05) is 11.3 Å². The van der Waals surface area contributed by atoms with Crippen LogP contribution in [0.2, 0.25) is 0 Å². The molecule has 0 unspecified atom stereocenters. The zero-order valence-electron chi connectivity index (χ0n) is 7.56. The maximum Gasteiger partial charge on any atom is 0.0314 e. The number of hydrogen-bond donors (Lipinski definition) is 1. The normalized spacial score (nSPS) is 9.92. The van der Waals surface area contributed by atoms with E-state index in [0.29, 0.717) is 0 Å². The predicted octanol–water partition coefficient (Wildman–Crippen LogP) is 2.93. The second-order valence-electron chi connectivity index (χ2n) is 2.75. The predicted molar refractivity (Wildman–Crippen MR) is 61.9 cm³/mol. The molecule has 3 heteroatoms. The summed E-state index contributed by atoms with van der Waals surface area (Å²) in [5.74, 6) is 2.60. The highest BCUT2D eigenvalue weighted by Gasteiger charge is 2.01. The molecule has 1 heterocycles. The smallest absolute Gasteiger partial charge is 0.0314 e. The second kappa shape index (κ2) is 5.43. The van der Waals surface area contributed by atoms with E-state index in [4.69, 9.17) is 6.42 Å². The van der Waals surface area contributed by atoms with Crippen LogP contribution in [0.15, 0.2) is 10.5 Å². The van der Waals surface area contributed by atoms with Crippen molar-refractivity contribution in [3.63, 3.8) is 0 Å². The van der Waals surface area contributed by atoms with E-state index < -0.39 is 0 Å². The zero-order chi connectivity index (χ0) is 9.68. The quantitative estimate of drug-likeness (QED) is 0.646. The largest absolute Gasteiger partial charge is 0.311 e. The summed E-state index contributed by atoms with van der Waals surface area (Å²) in [7, 11) is 0. The van der Waals surface area contributed by atoms with Crippen LogP contribution in [0.4, 0.5) is 0 Å². The molecule has 0 amide bonds. The number of nitrogens with one attached hydrogen (secondary N) is 1. The van der Waals surface area contributed by atoms with Crippen LogP contribution in [0.25, 0.3) is 0 Å². The second-order valence-corrected chi connectivity index (χ2v) is 4.94. The van der Waals surface area contributed by atoms with E-state index in [2.05, 4.69) is 40.2 Å². The van der Waals surface area contributed by atoms with Crippen LogP contribution in [-0.4, -0.2) is 6.54 Å². The minimum Gasteiger partial charge on any atom is -0.311 e. The van der Waals surface area contributed by atoms with Crippen LogP contribution in [0.3, 0.4) is 0 Å². The Bertz CT molecular complexity index is 292. The third-order valence-corrected chi connectivity index (χ3v) is 3.79. The number of thiophene rings is 1. The van der Waals surface area contributed by atoms with Crippen molar-refractivity contribution in [1.82, 2.24) is 5.32 Å². The van der Waals surface area contributed by atoms with Gasteiger partial charge in [0, 0.05) is 33.7 Å². The van der Waals surface area contributed by atoms with Crippen molar-refractivity contribution < 1.29 is 0 Å². The highest BCUT2D eigenvalue weighted by atomic mass is 79.9. The van der Waals surface area contributed by atoms with Gasteiger partial charge in [0.25, 0.3) is 0 Å². The summed E-state index contributed by atoms with van der Waals surface area (Å²) in [6.07, 6.45) is 5.94. The number of aryl methyl sites for hydroxylation is 1. The van der Waals surface area contributed by atoms with Crippen LogP contribution in [0, 0.1) is 19.3 Å². The van der Waals surface area contributed by atoms with Crippen molar-refractivity contribution in [2.24, 2.45) is 0 Å². The van der Waals surface area contributed by atoms with Gasteiger partial charge in [0.1, 0.15) is 0 Å². The Morgan fingerprint density at radius 1 is 1.69 bits per heavy atom. The van der Waals surface area contributed by atoms with Gasteiger partial charge in [-0.15, -0.1) is 23.7 Å². The monoisotopic (exact) mass is 257 g/mol. The molecule has 1 rings (SSSR count). The maximum absolute atomic E-state index is 5.14. The molecule has 1 N–H and O–H groups in total. The lowest BCUT2D eigenvalue weighted by Crippen LogP contribution is -2.12. The molecule has 0 atom stereocenters. The maximum atomic E-state index is 5.14. The molecule has 0 aliphatic carbocycles. The summed E-state index contributed by atoms with van der Waals surface area (Å²) in [5.41, 5.74) is 0. The van der Waals surface area contributed by atoms with Gasteiger partial charge in [-0.25, -0.2) is 0 Å². The zero-order valence-corrected chi connectivity index (χ0v) is 9.96. The molecule has 0 aliphatic rings. The molecule has 0 spiro atoms. The minimum atomic E-state index is 0.797. The number of rotatable bonds is 4. The van der Waals surface area contributed by atoms with Gasteiger partial charge < -0.3 is 5.32 Å². The van der Waals surface area contributed by atoms with Crippen molar-refractivity contribution >= 4 is 27.3 Å². The fraction of sp³-hybridized carbons (Fsp3) is 0.400. The first-order valence-electron chi connectivity index (χ1n) is 4.13. The molecule has 13 heavy (non-hydrogen) atoms. The molecule has 0 fully saturated rings. The Balaban J connectivity index is 2.34. The number of hydrogen-bond acceptors (Lipinski definition) is 2. The number of terminal acetylenes is 1. The fourth-order valence-electron chi connectivity index (χ4n) is 0.977. The lowest BCUT2D eigenvalue weighted by Gasteiger charge is -1.97. The molecule has 0 bridgehead atoms. The summed E-state index contributed by atoms with van der Waals surface area (Å²) in [6.45, 7) is 3.92. The van der Waals surface area contributed by atoms with Gasteiger partial charge in [-0.2, -0.15) is 0 Å². The molecule has 0 aliphatic heterocycles. The van der Waals surface area contributed by atoms with Crippen LogP contribution < -0.4 is 5.32 Å². The van der Waals surface area contributed by atoms with Crippen LogP contribution in [-0.2, 0) is 6.54 Å². The first-order chi connectivity index (χ1) is 6.24. The average molecular weight is 258 g/mol. The fourth-order valence-corrected chi connectivity index (χ4v) is 2.55. The average Bonchev–Trinajstić information content (AvgIpc) is 2.41. The topological polar surface area (TPSA) is 12.0 Å². The lowest BCUT2D eigenvalue weighted by atomic mass is 10.4. The first kappa shape index (κ1) is 10.8. The summed E-state index contributed by atoms with van der Waals surface area (Å²) < 4.78 is 1.20. The Morgan fingerprint density at radius 3 is 3.00 bits per heavy atom. The SMILES string of the molecule is C#CCCNCc1cc(Br)c(C)s1. The van der Waals surface area contributed by atoms with E-state index in [9.17, 15) is 0 Å². The van der Waals surface area contributed by atoms with Crippen molar-refractivity contribution in [3.05, 3.63) is 20.3 Å². The highest BCUT2D eigenvalue weighted by molar-refractivity contribution is 9.10. The summed E-state index contributed by atoms with van der Waals surface area (Å²) in [5, 5.41) is 3.29. The third-order valence-electron chi connectivity index (χ3n) is 1.65. The van der Waals surface area contributed by atoms with Crippen molar-refractivity contribution in [2.75, 3.05) is 6.54 Å². The highest BCUT2D eigenvalue weighted by Crippen LogP contribution is 2.25. The summed E-state index contributed by atoms with van der Waals surface area (Å²) >= 11 is 5.30. The van der Waals surface area contributed by atoms with E-state index in [1.54, 1.807) is 0 Å². The molecule has 0 saturated heterocycles. The van der Waals surface area contributed by atoms with E-state index in [0.717, 1.165) is 19.5 Å². The van der Waals surface area contributed by atoms with Crippen LogP contribution in [0.1, 0.15) is 16.2 Å². The molecule has 1 aromatic rings. The van der Waals surface area contributed by atoms with Crippen molar-refractivity contribution in [3.8, 4) is 12.3 Å². The van der Waals surface area contributed by atoms with Gasteiger partial charge in [0.15, 0.2) is 0 Å². The Labute approximate surface area is 91.7 Å². The van der Waals surface area contributed by atoms with Gasteiger partial charge in [-0.1, -0.05) is 0 Å². The molecule has 1 aromatic heterocycles. The summed E-state index contributed by atoms with van der Waals surface area (Å²) in [6, 6.07) is 2.16. The Morgan fingerprint density at radius 2 is 2.46 bits per heavy atom. The minimum absolute atomic E-state index is 0.797. The van der Waals surface area contributed by atoms with Crippen LogP contribution >= 0.6 is 27.3 Å². The van der Waals surface area contributed by atoms with Gasteiger partial charge in [0.2, 0.25) is 0 Å². The third kappa shape index (κ3) is 3.51. The van der Waals surface area contributed by atoms with E-state index in [-0.39, 0.29) is 0 Å². The van der Waals surface area contributed by atoms with E-state index in [1.165, 1.54) is 14.2 Å². The van der Waals surface area contributed by atoms with Crippen LogP contribution in [0.5, 0.6) is 0 Å². The molecule has 0 aromatic carbocycles. The van der Waals surface area contributed by atoms with Gasteiger partial charge in [0.05, 0.1) is 0 Å². The van der Waals surface area contributed by atoms with Crippen molar-refractivity contribution in [2.45, 2.75) is 19.9 Å². The van der Waals surface area contributed by atoms with Gasteiger partial charge in [-0.05, 0) is 28.9 Å². The van der Waals surface area contributed by atoms with E-state index >= 15 is 0 Å². The number of halogens is 1. The Kier molecular flexibility index (Phi) is 4.51. The first-order valence-corrected chi connectivity index (χ1v) is 5.74. The van der Waals surface area contributed by atoms with Gasteiger partial charge in [-0.3, -0.25) is 0 Å². The Hall–Kier alpha value is -0.300. The summed E-state index contributed by atoms with van der Waals surface area (Å²) in [4.78, 5) is 2.68. The molecule has 1 nitrogen and oxygen atoms in total. The lowest BCUT2D eigenvalue weighted by molar-refractivity contribution is 0.709. The molecule has 70 valence electrons.